The molecule has 6 heteroatoms. The number of nitrogens with zero attached hydrogens (tertiary/aromatic N) is 4. The minimum atomic E-state index is -1.05. The summed E-state index contributed by atoms with van der Waals surface area (Å²) in [6.07, 6.45) is 0. The summed E-state index contributed by atoms with van der Waals surface area (Å²) >= 11 is 6.13. The number of piperazine rings is 1. The third-order valence-electron chi connectivity index (χ3n) is 6.21. The number of aliphatic hydroxyl groups is 1. The molecule has 1 heterocycles. The van der Waals surface area contributed by atoms with Gasteiger partial charge in [-0.25, -0.2) is 0 Å². The maximum absolute atomic E-state index is 11.2. The second-order valence-electron chi connectivity index (χ2n) is 8.62. The van der Waals surface area contributed by atoms with E-state index in [0.29, 0.717) is 22.7 Å². The molecular formula is C27H25ClN4O. The molecule has 4 rings (SSSR count). The summed E-state index contributed by atoms with van der Waals surface area (Å²) in [6.45, 7) is 4.59. The summed E-state index contributed by atoms with van der Waals surface area (Å²) in [5.41, 5.74) is 3.17. The number of hydrogen-bond donors (Lipinski definition) is 1. The molecule has 166 valence electrons. The monoisotopic (exact) mass is 456 g/mol. The Hall–Kier alpha value is -3.35. The van der Waals surface area contributed by atoms with E-state index in [1.54, 1.807) is 12.1 Å². The lowest BCUT2D eigenvalue weighted by atomic mass is 9.93. The first-order valence-corrected chi connectivity index (χ1v) is 11.2. The first-order valence-electron chi connectivity index (χ1n) is 10.9. The second-order valence-corrected chi connectivity index (χ2v) is 9.05. The van der Waals surface area contributed by atoms with Crippen LogP contribution in [-0.2, 0) is 5.60 Å². The predicted octanol–water partition coefficient (Wildman–Crippen LogP) is 4.85. The summed E-state index contributed by atoms with van der Waals surface area (Å²) in [5.74, 6) is 0. The van der Waals surface area contributed by atoms with Crippen molar-refractivity contribution in [2.24, 2.45) is 0 Å². The maximum Gasteiger partial charge on any atom is 0.0994 e. The zero-order chi connectivity index (χ0) is 23.4. The van der Waals surface area contributed by atoms with Crippen molar-refractivity contribution in [3.8, 4) is 12.1 Å². The quantitative estimate of drug-likeness (QED) is 0.593. The van der Waals surface area contributed by atoms with Gasteiger partial charge in [0.25, 0.3) is 0 Å². The zero-order valence-corrected chi connectivity index (χ0v) is 19.2. The molecule has 5 nitrogen and oxygen atoms in total. The predicted molar refractivity (Wildman–Crippen MR) is 130 cm³/mol. The molecule has 0 saturated carbocycles. The molecule has 2 atom stereocenters. The van der Waals surface area contributed by atoms with Crippen LogP contribution in [0.4, 0.5) is 5.69 Å². The van der Waals surface area contributed by atoms with Crippen LogP contribution in [-0.4, -0.2) is 36.2 Å². The lowest BCUT2D eigenvalue weighted by molar-refractivity contribution is 0.0103. The number of hydrogen-bond acceptors (Lipinski definition) is 5. The van der Waals surface area contributed by atoms with Crippen molar-refractivity contribution in [2.45, 2.75) is 18.6 Å². The Morgan fingerprint density at radius 2 is 1.48 bits per heavy atom. The largest absolute Gasteiger partial charge is 0.384 e. The fourth-order valence-corrected chi connectivity index (χ4v) is 4.55. The molecule has 0 spiro atoms. The first kappa shape index (κ1) is 22.8. The Labute approximate surface area is 199 Å². The van der Waals surface area contributed by atoms with Crippen LogP contribution in [0, 0.1) is 22.7 Å². The third kappa shape index (κ3) is 5.18. The summed E-state index contributed by atoms with van der Waals surface area (Å²) in [6, 6.07) is 27.1. The molecule has 0 bridgehead atoms. The standard InChI is InChI=1S/C27H25ClN4O/c1-27(33,23-8-2-20(16-29)3-9-23)19-31-14-15-32(25-12-4-21(17-30)5-13-25)26(18-31)22-6-10-24(28)11-7-22/h2-13,26,33H,14-15,18-19H2,1H3/t26-,27+/m0/s1. The number of β-amino-alcohol motifs (C(OH)–C–C–N with tert-alkyl or cyclic N) is 1. The molecule has 1 fully saturated rings. The van der Waals surface area contributed by atoms with Gasteiger partial charge in [0.15, 0.2) is 0 Å². The molecule has 1 aliphatic heterocycles. The molecule has 3 aromatic carbocycles. The van der Waals surface area contributed by atoms with Gasteiger partial charge in [0.2, 0.25) is 0 Å². The SMILES string of the molecule is C[C@@](O)(CN1CCN(c2ccc(C#N)cc2)[C@H](c2ccc(Cl)cc2)C1)c1ccc(C#N)cc1. The van der Waals surface area contributed by atoms with Crippen LogP contribution in [0.5, 0.6) is 0 Å². The van der Waals surface area contributed by atoms with E-state index in [-0.39, 0.29) is 6.04 Å². The van der Waals surface area contributed by atoms with Gasteiger partial charge in [-0.3, -0.25) is 4.90 Å². The summed E-state index contributed by atoms with van der Waals surface area (Å²) in [7, 11) is 0. The summed E-state index contributed by atoms with van der Waals surface area (Å²) < 4.78 is 0. The van der Waals surface area contributed by atoms with Crippen molar-refractivity contribution < 1.29 is 5.11 Å². The third-order valence-corrected chi connectivity index (χ3v) is 6.47. The Kier molecular flexibility index (Phi) is 6.67. The molecule has 1 saturated heterocycles. The van der Waals surface area contributed by atoms with Crippen molar-refractivity contribution in [3.05, 3.63) is 100 Å². The molecule has 3 aromatic rings. The van der Waals surface area contributed by atoms with Gasteiger partial charge in [-0.2, -0.15) is 10.5 Å². The highest BCUT2D eigenvalue weighted by Gasteiger charge is 2.33. The zero-order valence-electron chi connectivity index (χ0n) is 18.4. The van der Waals surface area contributed by atoms with E-state index in [4.69, 9.17) is 22.1 Å². The van der Waals surface area contributed by atoms with Crippen molar-refractivity contribution in [3.63, 3.8) is 0 Å². The highest BCUT2D eigenvalue weighted by Crippen LogP contribution is 2.33. The topological polar surface area (TPSA) is 74.3 Å². The van der Waals surface area contributed by atoms with E-state index in [9.17, 15) is 5.11 Å². The molecule has 0 unspecified atom stereocenters. The van der Waals surface area contributed by atoms with Crippen LogP contribution in [0.25, 0.3) is 0 Å². The lowest BCUT2D eigenvalue weighted by Gasteiger charge is -2.45. The Balaban J connectivity index is 1.58. The summed E-state index contributed by atoms with van der Waals surface area (Å²) in [5, 5.41) is 30.1. The number of halogens is 1. The van der Waals surface area contributed by atoms with E-state index < -0.39 is 5.60 Å². The van der Waals surface area contributed by atoms with E-state index >= 15 is 0 Å². The van der Waals surface area contributed by atoms with Crippen LogP contribution >= 0.6 is 11.6 Å². The van der Waals surface area contributed by atoms with Gasteiger partial charge in [-0.05, 0) is 66.6 Å². The molecule has 1 aliphatic rings. The Bertz CT molecular complexity index is 1180. The fraction of sp³-hybridized carbons (Fsp3) is 0.259. The van der Waals surface area contributed by atoms with Crippen LogP contribution in [0.2, 0.25) is 5.02 Å². The minimum absolute atomic E-state index is 0.0701. The molecule has 0 amide bonds. The van der Waals surface area contributed by atoms with Gasteiger partial charge in [-0.1, -0.05) is 35.9 Å². The highest BCUT2D eigenvalue weighted by molar-refractivity contribution is 6.30. The number of anilines is 1. The van der Waals surface area contributed by atoms with Gasteiger partial charge in [-0.15, -0.1) is 0 Å². The van der Waals surface area contributed by atoms with Crippen molar-refractivity contribution in [1.82, 2.24) is 4.90 Å². The minimum Gasteiger partial charge on any atom is -0.384 e. The molecule has 33 heavy (non-hydrogen) atoms. The van der Waals surface area contributed by atoms with Crippen LogP contribution in [0.3, 0.4) is 0 Å². The summed E-state index contributed by atoms with van der Waals surface area (Å²) in [4.78, 5) is 4.62. The fourth-order valence-electron chi connectivity index (χ4n) is 4.42. The van der Waals surface area contributed by atoms with E-state index in [0.717, 1.165) is 36.4 Å². The van der Waals surface area contributed by atoms with Gasteiger partial charge in [0, 0.05) is 36.9 Å². The highest BCUT2D eigenvalue weighted by atomic mass is 35.5. The van der Waals surface area contributed by atoms with Crippen molar-refractivity contribution >= 4 is 17.3 Å². The van der Waals surface area contributed by atoms with E-state index in [2.05, 4.69) is 21.9 Å². The Morgan fingerprint density at radius 3 is 2.06 bits per heavy atom. The van der Waals surface area contributed by atoms with Gasteiger partial charge in [0.1, 0.15) is 0 Å². The van der Waals surface area contributed by atoms with Crippen LogP contribution < -0.4 is 4.90 Å². The molecule has 0 aliphatic carbocycles. The average molecular weight is 457 g/mol. The normalized spacial score (nSPS) is 18.2. The smallest absolute Gasteiger partial charge is 0.0994 e. The molecule has 0 radical (unpaired) electrons. The van der Waals surface area contributed by atoms with Crippen molar-refractivity contribution in [2.75, 3.05) is 31.1 Å². The van der Waals surface area contributed by atoms with Gasteiger partial charge >= 0.3 is 0 Å². The average Bonchev–Trinajstić information content (AvgIpc) is 2.84. The van der Waals surface area contributed by atoms with Gasteiger partial charge < -0.3 is 10.0 Å². The van der Waals surface area contributed by atoms with E-state index in [1.165, 1.54) is 0 Å². The number of nitriles is 2. The Morgan fingerprint density at radius 1 is 0.909 bits per heavy atom. The number of rotatable bonds is 5. The van der Waals surface area contributed by atoms with Gasteiger partial charge in [0.05, 0.1) is 34.9 Å². The second kappa shape index (κ2) is 9.65. The molecule has 0 aromatic heterocycles. The van der Waals surface area contributed by atoms with Crippen molar-refractivity contribution in [1.29, 1.82) is 10.5 Å². The lowest BCUT2D eigenvalue weighted by Crippen LogP contribution is -2.52. The number of benzene rings is 3. The van der Waals surface area contributed by atoms with Crippen LogP contribution in [0.1, 0.15) is 35.2 Å². The molecule has 1 N–H and O–H groups in total. The van der Waals surface area contributed by atoms with E-state index in [1.807, 2.05) is 67.6 Å². The maximum atomic E-state index is 11.2. The molecular weight excluding hydrogens is 432 g/mol. The first-order chi connectivity index (χ1) is 15.9. The van der Waals surface area contributed by atoms with Crippen LogP contribution in [0.15, 0.2) is 72.8 Å².